The van der Waals surface area contributed by atoms with Crippen LogP contribution in [-0.2, 0) is 6.54 Å². The van der Waals surface area contributed by atoms with Crippen LogP contribution in [0.25, 0.3) is 0 Å². The van der Waals surface area contributed by atoms with Gasteiger partial charge in [0.15, 0.2) is 0 Å². The van der Waals surface area contributed by atoms with Gasteiger partial charge in [-0.3, -0.25) is 0 Å². The van der Waals surface area contributed by atoms with Gasteiger partial charge >= 0.3 is 0 Å². The highest BCUT2D eigenvalue weighted by molar-refractivity contribution is 7.99. The molecule has 8 heteroatoms. The molecule has 0 fully saturated rings. The topological polar surface area (TPSA) is 82.5 Å². The predicted molar refractivity (Wildman–Crippen MR) is 66.0 cm³/mol. The zero-order chi connectivity index (χ0) is 13.1. The van der Waals surface area contributed by atoms with Gasteiger partial charge in [0.1, 0.15) is 0 Å². The summed E-state index contributed by atoms with van der Waals surface area (Å²) in [5, 5.41) is 20.3. The van der Waals surface area contributed by atoms with Crippen molar-refractivity contribution in [2.75, 3.05) is 0 Å². The molecule has 0 aliphatic rings. The third-order valence-electron chi connectivity index (χ3n) is 2.21. The van der Waals surface area contributed by atoms with E-state index in [0.717, 1.165) is 11.7 Å². The zero-order valence-electron chi connectivity index (χ0n) is 10.9. The second kappa shape index (κ2) is 5.47. The van der Waals surface area contributed by atoms with Crippen LogP contribution < -0.4 is 0 Å². The maximum Gasteiger partial charge on any atom is 0.229 e. The van der Waals surface area contributed by atoms with E-state index in [9.17, 15) is 0 Å². The highest BCUT2D eigenvalue weighted by atomic mass is 32.2. The molecule has 0 aliphatic carbocycles. The molecule has 0 spiro atoms. The molecular formula is C10H16N6OS. The van der Waals surface area contributed by atoms with Crippen molar-refractivity contribution >= 4 is 11.8 Å². The lowest BCUT2D eigenvalue weighted by Gasteiger charge is -2.08. The first kappa shape index (κ1) is 13.0. The largest absolute Gasteiger partial charge is 0.424 e. The Hall–Kier alpha value is -1.44. The molecular weight excluding hydrogens is 252 g/mol. The normalized spacial score (nSPS) is 13.2. The van der Waals surface area contributed by atoms with Gasteiger partial charge in [-0.1, -0.05) is 25.6 Å². The average Bonchev–Trinajstić information content (AvgIpc) is 2.88. The van der Waals surface area contributed by atoms with Crippen LogP contribution in [-0.4, -0.2) is 30.4 Å². The molecule has 2 rings (SSSR count). The van der Waals surface area contributed by atoms with Gasteiger partial charge in [0.2, 0.25) is 16.9 Å². The van der Waals surface area contributed by atoms with E-state index in [0.29, 0.717) is 17.7 Å². The molecule has 2 aromatic rings. The lowest BCUT2D eigenvalue weighted by molar-refractivity contribution is 0.444. The Morgan fingerprint density at radius 3 is 2.61 bits per heavy atom. The Balaban J connectivity index is 2.07. The summed E-state index contributed by atoms with van der Waals surface area (Å²) in [4.78, 5) is 0. The first-order chi connectivity index (χ1) is 8.56. The molecule has 0 radical (unpaired) electrons. The van der Waals surface area contributed by atoms with Crippen molar-refractivity contribution < 1.29 is 4.42 Å². The molecule has 0 amide bonds. The number of aromatic nitrogens is 6. The number of hydrogen-bond donors (Lipinski definition) is 0. The minimum absolute atomic E-state index is 0.0307. The second-order valence-electron chi connectivity index (χ2n) is 4.46. The first-order valence-corrected chi connectivity index (χ1v) is 6.67. The standard InChI is InChI=1S/C10H16N6OS/c1-6(2)5-16-10(13-14-15-16)18-7(3)9-12-11-8(4)17-9/h6-7H,5H2,1-4H3/t7-/m0/s1. The molecule has 1 atom stereocenters. The minimum Gasteiger partial charge on any atom is -0.424 e. The molecule has 0 aliphatic heterocycles. The van der Waals surface area contributed by atoms with Gasteiger partial charge in [0.05, 0.1) is 5.25 Å². The summed E-state index contributed by atoms with van der Waals surface area (Å²) in [5.41, 5.74) is 0. The van der Waals surface area contributed by atoms with E-state index in [1.54, 1.807) is 11.6 Å². The maximum absolute atomic E-state index is 5.39. The fraction of sp³-hybridized carbons (Fsp3) is 0.700. The van der Waals surface area contributed by atoms with Gasteiger partial charge < -0.3 is 4.42 Å². The van der Waals surface area contributed by atoms with Crippen LogP contribution >= 0.6 is 11.8 Å². The van der Waals surface area contributed by atoms with Crippen molar-refractivity contribution in [1.82, 2.24) is 30.4 Å². The van der Waals surface area contributed by atoms with E-state index in [-0.39, 0.29) is 5.25 Å². The third-order valence-corrected chi connectivity index (χ3v) is 3.27. The summed E-state index contributed by atoms with van der Waals surface area (Å²) in [6.07, 6.45) is 0. The van der Waals surface area contributed by atoms with Crippen LogP contribution in [0.5, 0.6) is 0 Å². The van der Waals surface area contributed by atoms with Crippen LogP contribution in [0.2, 0.25) is 0 Å². The van der Waals surface area contributed by atoms with Gasteiger partial charge in [-0.15, -0.1) is 15.3 Å². The fourth-order valence-corrected chi connectivity index (χ4v) is 2.25. The lowest BCUT2D eigenvalue weighted by atomic mass is 10.2. The van der Waals surface area contributed by atoms with Gasteiger partial charge in [-0.2, -0.15) is 0 Å². The highest BCUT2D eigenvalue weighted by Crippen LogP contribution is 2.32. The number of rotatable bonds is 5. The van der Waals surface area contributed by atoms with Crippen LogP contribution in [0.3, 0.4) is 0 Å². The minimum atomic E-state index is 0.0307. The quantitative estimate of drug-likeness (QED) is 0.765. The van der Waals surface area contributed by atoms with Crippen molar-refractivity contribution in [1.29, 1.82) is 0 Å². The van der Waals surface area contributed by atoms with Crippen molar-refractivity contribution in [3.8, 4) is 0 Å². The molecule has 18 heavy (non-hydrogen) atoms. The van der Waals surface area contributed by atoms with Crippen molar-refractivity contribution in [2.24, 2.45) is 5.92 Å². The summed E-state index contributed by atoms with van der Waals surface area (Å²) < 4.78 is 7.19. The molecule has 0 aromatic carbocycles. The molecule has 0 bridgehead atoms. The van der Waals surface area contributed by atoms with E-state index in [1.807, 2.05) is 6.92 Å². The summed E-state index contributed by atoms with van der Waals surface area (Å²) in [5.74, 6) is 1.66. The van der Waals surface area contributed by atoms with Crippen molar-refractivity contribution in [3.05, 3.63) is 11.8 Å². The van der Waals surface area contributed by atoms with E-state index >= 15 is 0 Å². The van der Waals surface area contributed by atoms with E-state index in [4.69, 9.17) is 4.42 Å². The number of thioether (sulfide) groups is 1. The highest BCUT2D eigenvalue weighted by Gasteiger charge is 2.18. The van der Waals surface area contributed by atoms with Gasteiger partial charge in [0.25, 0.3) is 0 Å². The summed E-state index contributed by atoms with van der Waals surface area (Å²) >= 11 is 1.52. The van der Waals surface area contributed by atoms with Crippen molar-refractivity contribution in [2.45, 2.75) is 44.6 Å². The SMILES string of the molecule is Cc1nnc([C@H](C)Sc2nnnn2CC(C)C)o1. The summed E-state index contributed by atoms with van der Waals surface area (Å²) in [6, 6.07) is 0. The molecule has 0 saturated heterocycles. The predicted octanol–water partition coefficient (Wildman–Crippen LogP) is 1.87. The smallest absolute Gasteiger partial charge is 0.229 e. The second-order valence-corrected chi connectivity index (χ2v) is 5.76. The van der Waals surface area contributed by atoms with E-state index in [2.05, 4.69) is 39.6 Å². The molecule has 2 aromatic heterocycles. The Morgan fingerprint density at radius 2 is 2.00 bits per heavy atom. The monoisotopic (exact) mass is 268 g/mol. The maximum atomic E-state index is 5.39. The molecule has 0 N–H and O–H groups in total. The van der Waals surface area contributed by atoms with Crippen LogP contribution in [0.4, 0.5) is 0 Å². The Labute approximate surface area is 109 Å². The van der Waals surface area contributed by atoms with Gasteiger partial charge in [-0.25, -0.2) is 4.68 Å². The Bertz CT molecular complexity index is 508. The number of hydrogen-bond acceptors (Lipinski definition) is 7. The van der Waals surface area contributed by atoms with Crippen LogP contribution in [0, 0.1) is 12.8 Å². The first-order valence-electron chi connectivity index (χ1n) is 5.79. The molecule has 2 heterocycles. The Morgan fingerprint density at radius 1 is 1.22 bits per heavy atom. The Kier molecular flexibility index (Phi) is 3.95. The molecule has 7 nitrogen and oxygen atoms in total. The number of tetrazole rings is 1. The third kappa shape index (κ3) is 3.06. The van der Waals surface area contributed by atoms with Gasteiger partial charge in [0, 0.05) is 13.5 Å². The van der Waals surface area contributed by atoms with Crippen molar-refractivity contribution in [3.63, 3.8) is 0 Å². The van der Waals surface area contributed by atoms with E-state index < -0.39 is 0 Å². The van der Waals surface area contributed by atoms with Gasteiger partial charge in [-0.05, 0) is 23.3 Å². The summed E-state index contributed by atoms with van der Waals surface area (Å²) in [7, 11) is 0. The van der Waals surface area contributed by atoms with Crippen LogP contribution in [0.15, 0.2) is 9.57 Å². The van der Waals surface area contributed by atoms with E-state index in [1.165, 1.54) is 11.8 Å². The average molecular weight is 268 g/mol. The fourth-order valence-electron chi connectivity index (χ4n) is 1.43. The zero-order valence-corrected chi connectivity index (χ0v) is 11.7. The number of aryl methyl sites for hydroxylation is 1. The molecule has 98 valence electrons. The molecule has 0 unspecified atom stereocenters. The van der Waals surface area contributed by atoms with Crippen LogP contribution in [0.1, 0.15) is 37.8 Å². The summed E-state index contributed by atoms with van der Waals surface area (Å²) in [6.45, 7) is 8.81. The molecule has 0 saturated carbocycles. The lowest BCUT2D eigenvalue weighted by Crippen LogP contribution is -2.08. The number of nitrogens with zero attached hydrogens (tertiary/aromatic N) is 6.